The number of carbonyl (C=O) groups excluding carboxylic acids is 1. The second-order valence-corrected chi connectivity index (χ2v) is 8.55. The highest BCUT2D eigenvalue weighted by Gasteiger charge is 2.12. The summed E-state index contributed by atoms with van der Waals surface area (Å²) >= 11 is 1.78. The SMILES string of the molecule is COCC(C)Sc1ccc(Oc2c(C)cc(NC(=O)C(C)C)cc2C)cc1. The molecule has 0 aliphatic rings. The van der Waals surface area contributed by atoms with E-state index >= 15 is 0 Å². The molecule has 1 amide bonds. The molecular weight excluding hydrogens is 358 g/mol. The number of aryl methyl sites for hydroxylation is 2. The minimum atomic E-state index is -0.0514. The van der Waals surface area contributed by atoms with Crippen molar-refractivity contribution in [3.8, 4) is 11.5 Å². The summed E-state index contributed by atoms with van der Waals surface area (Å²) in [6.07, 6.45) is 0. The number of hydrogen-bond acceptors (Lipinski definition) is 4. The Balaban J connectivity index is 2.09. The summed E-state index contributed by atoms with van der Waals surface area (Å²) in [5, 5.41) is 3.35. The van der Waals surface area contributed by atoms with Crippen LogP contribution in [-0.2, 0) is 9.53 Å². The van der Waals surface area contributed by atoms with Crippen molar-refractivity contribution in [2.45, 2.75) is 44.8 Å². The number of nitrogens with one attached hydrogen (secondary N) is 1. The fraction of sp³-hybridized carbons (Fsp3) is 0.409. The highest BCUT2D eigenvalue weighted by atomic mass is 32.2. The largest absolute Gasteiger partial charge is 0.457 e. The average molecular weight is 388 g/mol. The summed E-state index contributed by atoms with van der Waals surface area (Å²) in [5.74, 6) is 1.58. The topological polar surface area (TPSA) is 47.6 Å². The summed E-state index contributed by atoms with van der Waals surface area (Å²) in [6.45, 7) is 10.6. The van der Waals surface area contributed by atoms with Crippen molar-refractivity contribution >= 4 is 23.4 Å². The second-order valence-electron chi connectivity index (χ2n) is 7.04. The summed E-state index contributed by atoms with van der Waals surface area (Å²) in [6, 6.07) is 12.0. The molecule has 1 N–H and O–H groups in total. The molecule has 0 aliphatic carbocycles. The number of anilines is 1. The van der Waals surface area contributed by atoms with Gasteiger partial charge in [0.25, 0.3) is 0 Å². The Bertz CT molecular complexity index is 749. The third kappa shape index (κ3) is 6.29. The summed E-state index contributed by atoms with van der Waals surface area (Å²) in [4.78, 5) is 13.1. The van der Waals surface area contributed by atoms with Gasteiger partial charge in [-0.25, -0.2) is 0 Å². The molecule has 2 aromatic carbocycles. The van der Waals surface area contributed by atoms with E-state index in [-0.39, 0.29) is 11.8 Å². The quantitative estimate of drug-likeness (QED) is 0.580. The van der Waals surface area contributed by atoms with Gasteiger partial charge >= 0.3 is 0 Å². The van der Waals surface area contributed by atoms with E-state index in [1.807, 2.05) is 52.0 Å². The smallest absolute Gasteiger partial charge is 0.226 e. The first-order valence-corrected chi connectivity index (χ1v) is 10.0. The van der Waals surface area contributed by atoms with E-state index in [2.05, 4.69) is 24.4 Å². The van der Waals surface area contributed by atoms with Gasteiger partial charge < -0.3 is 14.8 Å². The van der Waals surface area contributed by atoms with Gasteiger partial charge in [-0.2, -0.15) is 0 Å². The number of amides is 1. The molecule has 0 heterocycles. The molecule has 0 fully saturated rings. The molecule has 0 spiro atoms. The number of benzene rings is 2. The highest BCUT2D eigenvalue weighted by Crippen LogP contribution is 2.33. The Kier molecular flexibility index (Phi) is 7.75. The lowest BCUT2D eigenvalue weighted by molar-refractivity contribution is -0.118. The van der Waals surface area contributed by atoms with E-state index in [9.17, 15) is 4.79 Å². The van der Waals surface area contributed by atoms with Crippen LogP contribution in [0.25, 0.3) is 0 Å². The summed E-state index contributed by atoms with van der Waals surface area (Å²) in [5.41, 5.74) is 2.78. The zero-order valence-corrected chi connectivity index (χ0v) is 17.8. The third-order valence-corrected chi connectivity index (χ3v) is 5.12. The van der Waals surface area contributed by atoms with Crippen LogP contribution in [0.4, 0.5) is 5.69 Å². The second kappa shape index (κ2) is 9.81. The van der Waals surface area contributed by atoms with Gasteiger partial charge in [0, 0.05) is 28.9 Å². The monoisotopic (exact) mass is 387 g/mol. The zero-order chi connectivity index (χ0) is 20.0. The van der Waals surface area contributed by atoms with Crippen LogP contribution in [0.5, 0.6) is 11.5 Å². The van der Waals surface area contributed by atoms with Gasteiger partial charge in [0.1, 0.15) is 11.5 Å². The molecule has 1 unspecified atom stereocenters. The number of hydrogen-bond donors (Lipinski definition) is 1. The van der Waals surface area contributed by atoms with Gasteiger partial charge in [0.05, 0.1) is 6.61 Å². The van der Waals surface area contributed by atoms with Crippen molar-refractivity contribution in [2.75, 3.05) is 19.0 Å². The Hall–Kier alpha value is -1.98. The molecule has 0 radical (unpaired) electrons. The fourth-order valence-electron chi connectivity index (χ4n) is 2.68. The Morgan fingerprint density at radius 3 is 2.19 bits per heavy atom. The normalized spacial score (nSPS) is 12.1. The molecule has 0 aliphatic heterocycles. The number of carbonyl (C=O) groups is 1. The van der Waals surface area contributed by atoms with Crippen LogP contribution in [0.2, 0.25) is 0 Å². The zero-order valence-electron chi connectivity index (χ0n) is 17.0. The van der Waals surface area contributed by atoms with Gasteiger partial charge in [0.2, 0.25) is 5.91 Å². The highest BCUT2D eigenvalue weighted by molar-refractivity contribution is 8.00. The molecule has 2 aromatic rings. The van der Waals surface area contributed by atoms with Gasteiger partial charge in [0.15, 0.2) is 0 Å². The Morgan fingerprint density at radius 2 is 1.67 bits per heavy atom. The Morgan fingerprint density at radius 1 is 1.07 bits per heavy atom. The van der Waals surface area contributed by atoms with Gasteiger partial charge in [-0.1, -0.05) is 20.8 Å². The molecule has 0 bridgehead atoms. The summed E-state index contributed by atoms with van der Waals surface area (Å²) < 4.78 is 11.3. The number of rotatable bonds is 8. The lowest BCUT2D eigenvalue weighted by atomic mass is 10.1. The van der Waals surface area contributed by atoms with E-state index in [0.29, 0.717) is 5.25 Å². The first-order valence-electron chi connectivity index (χ1n) is 9.15. The first kappa shape index (κ1) is 21.3. The average Bonchev–Trinajstić information content (AvgIpc) is 2.59. The lowest BCUT2D eigenvalue weighted by Gasteiger charge is -2.15. The molecule has 27 heavy (non-hydrogen) atoms. The molecule has 0 saturated heterocycles. The maximum absolute atomic E-state index is 11.9. The van der Waals surface area contributed by atoms with E-state index in [4.69, 9.17) is 9.47 Å². The maximum atomic E-state index is 11.9. The van der Waals surface area contributed by atoms with E-state index < -0.39 is 0 Å². The van der Waals surface area contributed by atoms with E-state index in [0.717, 1.165) is 34.9 Å². The van der Waals surface area contributed by atoms with Crippen molar-refractivity contribution in [3.63, 3.8) is 0 Å². The van der Waals surface area contributed by atoms with Gasteiger partial charge in [-0.05, 0) is 61.4 Å². The van der Waals surface area contributed by atoms with Crippen LogP contribution in [-0.4, -0.2) is 24.9 Å². The van der Waals surface area contributed by atoms with Crippen molar-refractivity contribution in [2.24, 2.45) is 5.92 Å². The van der Waals surface area contributed by atoms with Gasteiger partial charge in [-0.15, -0.1) is 11.8 Å². The van der Waals surface area contributed by atoms with Crippen molar-refractivity contribution in [1.82, 2.24) is 0 Å². The van der Waals surface area contributed by atoms with Crippen LogP contribution in [0, 0.1) is 19.8 Å². The Labute approximate surface area is 166 Å². The predicted octanol–water partition coefficient (Wildman–Crippen LogP) is 5.82. The molecule has 2 rings (SSSR count). The molecule has 5 heteroatoms. The molecule has 1 atom stereocenters. The molecule has 0 saturated carbocycles. The maximum Gasteiger partial charge on any atom is 0.226 e. The molecule has 146 valence electrons. The summed E-state index contributed by atoms with van der Waals surface area (Å²) in [7, 11) is 1.72. The first-order chi connectivity index (χ1) is 12.8. The van der Waals surface area contributed by atoms with Crippen LogP contribution in [0.1, 0.15) is 31.9 Å². The lowest BCUT2D eigenvalue weighted by Crippen LogP contribution is -2.17. The molecular formula is C22H29NO3S. The van der Waals surface area contributed by atoms with Crippen LogP contribution < -0.4 is 10.1 Å². The van der Waals surface area contributed by atoms with Gasteiger partial charge in [-0.3, -0.25) is 4.79 Å². The van der Waals surface area contributed by atoms with E-state index in [1.165, 1.54) is 4.90 Å². The predicted molar refractivity (Wildman–Crippen MR) is 113 cm³/mol. The number of ether oxygens (including phenoxy) is 2. The molecule has 0 aromatic heterocycles. The number of methoxy groups -OCH3 is 1. The minimum Gasteiger partial charge on any atom is -0.457 e. The number of thioether (sulfide) groups is 1. The van der Waals surface area contributed by atoms with Crippen LogP contribution in [0.15, 0.2) is 41.3 Å². The standard InChI is InChI=1S/C22H29NO3S/c1-14(2)22(24)23-18-11-15(3)21(16(4)12-18)26-19-7-9-20(10-8-19)27-17(5)13-25-6/h7-12,14,17H,13H2,1-6H3,(H,23,24). The molecule has 4 nitrogen and oxygen atoms in total. The van der Waals surface area contributed by atoms with Crippen molar-refractivity contribution < 1.29 is 14.3 Å². The van der Waals surface area contributed by atoms with Crippen molar-refractivity contribution in [3.05, 3.63) is 47.5 Å². The van der Waals surface area contributed by atoms with Crippen LogP contribution >= 0.6 is 11.8 Å². The van der Waals surface area contributed by atoms with E-state index in [1.54, 1.807) is 18.9 Å². The fourth-order valence-corrected chi connectivity index (χ4v) is 3.64. The minimum absolute atomic E-state index is 0.0123. The van der Waals surface area contributed by atoms with Crippen molar-refractivity contribution in [1.29, 1.82) is 0 Å². The van der Waals surface area contributed by atoms with Crippen LogP contribution in [0.3, 0.4) is 0 Å². The third-order valence-electron chi connectivity index (χ3n) is 4.03.